The minimum atomic E-state index is -3.83. The molecular weight excluding hydrogens is 368 g/mol. The highest BCUT2D eigenvalue weighted by atomic mass is 32.2. The smallest absolute Gasteiger partial charge is 0.243 e. The van der Waals surface area contributed by atoms with E-state index >= 15 is 0 Å². The number of rotatable bonds is 6. The van der Waals surface area contributed by atoms with Gasteiger partial charge >= 0.3 is 0 Å². The van der Waals surface area contributed by atoms with Gasteiger partial charge in [0.25, 0.3) is 0 Å². The van der Waals surface area contributed by atoms with Gasteiger partial charge in [0.05, 0.1) is 24.0 Å². The summed E-state index contributed by atoms with van der Waals surface area (Å²) in [5.41, 5.74) is 1.57. The molecule has 0 bridgehead atoms. The van der Waals surface area contributed by atoms with Crippen molar-refractivity contribution in [3.8, 4) is 23.0 Å². The molecule has 0 aliphatic heterocycles. The Bertz CT molecular complexity index is 1050. The molecule has 0 aliphatic rings. The van der Waals surface area contributed by atoms with Crippen molar-refractivity contribution in [1.82, 2.24) is 18.8 Å². The normalized spacial score (nSPS) is 11.7. The fourth-order valence-corrected chi connectivity index (χ4v) is 3.76. The predicted molar refractivity (Wildman–Crippen MR) is 99.8 cm³/mol. The largest absolute Gasteiger partial charge is 0.497 e. The number of aromatic nitrogens is 3. The molecule has 0 atom stereocenters. The molecule has 8 nitrogen and oxygen atoms in total. The second-order valence-corrected chi connectivity index (χ2v) is 8.12. The highest BCUT2D eigenvalue weighted by Gasteiger charge is 2.23. The van der Waals surface area contributed by atoms with Crippen molar-refractivity contribution in [1.29, 1.82) is 0 Å². The van der Waals surface area contributed by atoms with Crippen LogP contribution < -0.4 is 4.74 Å². The van der Waals surface area contributed by atoms with Crippen molar-refractivity contribution in [2.75, 3.05) is 14.2 Å². The Labute approximate surface area is 157 Å². The average molecular weight is 388 g/mol. The first-order valence-electron chi connectivity index (χ1n) is 8.08. The molecule has 2 heterocycles. The molecule has 3 rings (SSSR count). The van der Waals surface area contributed by atoms with Gasteiger partial charge in [-0.15, -0.1) is 0 Å². The van der Waals surface area contributed by atoms with Gasteiger partial charge in [-0.05, 0) is 23.8 Å². The lowest BCUT2D eigenvalue weighted by atomic mass is 10.2. The summed E-state index contributed by atoms with van der Waals surface area (Å²) in [6.45, 7) is 0.175. The predicted octanol–water partition coefficient (Wildman–Crippen LogP) is 2.02. The van der Waals surface area contributed by atoms with Crippen molar-refractivity contribution in [3.05, 3.63) is 54.5 Å². The number of sulfonamides is 1. The monoisotopic (exact) mass is 388 g/mol. The van der Waals surface area contributed by atoms with E-state index < -0.39 is 10.0 Å². The van der Waals surface area contributed by atoms with Gasteiger partial charge in [-0.2, -0.15) is 4.31 Å². The standard InChI is InChI=1S/C18H20N4O4S/c1-21-11-17(19-12-21)16-8-15(9-18(23)20-16)27(24,25)22(2)10-13-4-6-14(26-3)7-5-13/h4-9,11-12H,10H2,1-3H3,(H,20,23). The van der Waals surface area contributed by atoms with Crippen molar-refractivity contribution in [3.63, 3.8) is 0 Å². The van der Waals surface area contributed by atoms with E-state index in [1.807, 2.05) is 0 Å². The van der Waals surface area contributed by atoms with Crippen LogP contribution in [-0.2, 0) is 23.6 Å². The summed E-state index contributed by atoms with van der Waals surface area (Å²) in [4.78, 5) is 8.08. The Kier molecular flexibility index (Phi) is 5.15. The van der Waals surface area contributed by atoms with Crippen LogP contribution in [0.15, 0.2) is 53.8 Å². The summed E-state index contributed by atoms with van der Waals surface area (Å²) in [7, 11) is 1.01. The van der Waals surface area contributed by atoms with Crippen LogP contribution in [-0.4, -0.2) is 46.5 Å². The molecule has 1 N–H and O–H groups in total. The van der Waals surface area contributed by atoms with Crippen LogP contribution in [0.4, 0.5) is 0 Å². The number of methoxy groups -OCH3 is 1. The zero-order valence-electron chi connectivity index (χ0n) is 15.2. The van der Waals surface area contributed by atoms with Crippen LogP contribution in [0.3, 0.4) is 0 Å². The maximum absolute atomic E-state index is 12.9. The van der Waals surface area contributed by atoms with E-state index in [0.29, 0.717) is 11.4 Å². The molecule has 0 radical (unpaired) electrons. The lowest BCUT2D eigenvalue weighted by molar-refractivity contribution is 0.414. The Morgan fingerprint density at radius 3 is 2.48 bits per heavy atom. The van der Waals surface area contributed by atoms with E-state index in [-0.39, 0.29) is 23.0 Å². The molecule has 0 saturated carbocycles. The maximum Gasteiger partial charge on any atom is 0.243 e. The third kappa shape index (κ3) is 4.09. The topological polar surface area (TPSA) is 97.5 Å². The van der Waals surface area contributed by atoms with E-state index in [1.54, 1.807) is 55.5 Å². The van der Waals surface area contributed by atoms with Crippen LogP contribution in [0.1, 0.15) is 5.56 Å². The Hall–Kier alpha value is -2.91. The summed E-state index contributed by atoms with van der Waals surface area (Å²) in [5.74, 6) is 0.317. The van der Waals surface area contributed by atoms with Crippen molar-refractivity contribution < 1.29 is 18.3 Å². The van der Waals surface area contributed by atoms with Gasteiger partial charge in [-0.3, -0.25) is 0 Å². The highest BCUT2D eigenvalue weighted by molar-refractivity contribution is 7.89. The molecule has 0 spiro atoms. The molecule has 0 saturated heterocycles. The number of hydrogen-bond donors (Lipinski definition) is 1. The number of ether oxygens (including phenoxy) is 1. The number of benzene rings is 1. The number of imidazole rings is 1. The quantitative estimate of drug-likeness (QED) is 0.694. The summed E-state index contributed by atoms with van der Waals surface area (Å²) < 4.78 is 33.9. The van der Waals surface area contributed by atoms with Crippen LogP contribution in [0, 0.1) is 0 Å². The molecule has 9 heteroatoms. The Morgan fingerprint density at radius 1 is 1.19 bits per heavy atom. The first-order chi connectivity index (χ1) is 12.8. The third-order valence-electron chi connectivity index (χ3n) is 4.03. The van der Waals surface area contributed by atoms with E-state index in [0.717, 1.165) is 11.6 Å². The van der Waals surface area contributed by atoms with E-state index in [4.69, 9.17) is 4.74 Å². The van der Waals surface area contributed by atoms with Gasteiger partial charge in [-0.1, -0.05) is 12.1 Å². The van der Waals surface area contributed by atoms with Gasteiger partial charge in [-0.25, -0.2) is 18.4 Å². The molecule has 1 aromatic carbocycles. The average Bonchev–Trinajstić information content (AvgIpc) is 3.08. The summed E-state index contributed by atoms with van der Waals surface area (Å²) >= 11 is 0. The molecule has 0 aliphatic carbocycles. The number of pyridine rings is 1. The van der Waals surface area contributed by atoms with Crippen LogP contribution in [0.25, 0.3) is 11.4 Å². The number of aromatic hydroxyl groups is 1. The molecular formula is C18H20N4O4S. The maximum atomic E-state index is 12.9. The van der Waals surface area contributed by atoms with Crippen molar-refractivity contribution in [2.45, 2.75) is 11.4 Å². The molecule has 142 valence electrons. The zero-order chi connectivity index (χ0) is 19.6. The minimum absolute atomic E-state index is 0.0494. The summed E-state index contributed by atoms with van der Waals surface area (Å²) in [6, 6.07) is 9.68. The molecule has 0 amide bonds. The van der Waals surface area contributed by atoms with Crippen molar-refractivity contribution >= 4 is 10.0 Å². The zero-order valence-corrected chi connectivity index (χ0v) is 16.0. The van der Waals surface area contributed by atoms with Crippen LogP contribution >= 0.6 is 0 Å². The number of hydrogen-bond acceptors (Lipinski definition) is 6. The number of nitrogens with zero attached hydrogens (tertiary/aromatic N) is 4. The van der Waals surface area contributed by atoms with Gasteiger partial charge in [0, 0.05) is 32.9 Å². The van der Waals surface area contributed by atoms with Gasteiger partial charge in [0.15, 0.2) is 0 Å². The Morgan fingerprint density at radius 2 is 1.89 bits per heavy atom. The fourth-order valence-electron chi connectivity index (χ4n) is 2.57. The molecule has 0 unspecified atom stereocenters. The van der Waals surface area contributed by atoms with E-state index in [9.17, 15) is 13.5 Å². The lowest BCUT2D eigenvalue weighted by Gasteiger charge is -2.18. The SMILES string of the molecule is COc1ccc(CN(C)S(=O)(=O)c2cc(O)nc(-c3cn(C)cn3)c2)cc1. The van der Waals surface area contributed by atoms with Gasteiger partial charge in [0.1, 0.15) is 11.4 Å². The Balaban J connectivity index is 1.90. The lowest BCUT2D eigenvalue weighted by Crippen LogP contribution is -2.26. The second-order valence-electron chi connectivity index (χ2n) is 6.08. The first-order valence-corrected chi connectivity index (χ1v) is 9.52. The summed E-state index contributed by atoms with van der Waals surface area (Å²) in [5, 5.41) is 9.91. The third-order valence-corrected chi connectivity index (χ3v) is 5.81. The van der Waals surface area contributed by atoms with Gasteiger partial charge < -0.3 is 14.4 Å². The van der Waals surface area contributed by atoms with Crippen LogP contribution in [0.5, 0.6) is 11.6 Å². The first kappa shape index (κ1) is 18.9. The van der Waals surface area contributed by atoms with E-state index in [2.05, 4.69) is 9.97 Å². The summed E-state index contributed by atoms with van der Waals surface area (Å²) in [6.07, 6.45) is 3.27. The molecule has 0 fully saturated rings. The second kappa shape index (κ2) is 7.37. The molecule has 3 aromatic rings. The number of aryl methyl sites for hydroxylation is 1. The fraction of sp³-hybridized carbons (Fsp3) is 0.222. The van der Waals surface area contributed by atoms with Crippen LogP contribution in [0.2, 0.25) is 0 Å². The van der Waals surface area contributed by atoms with Gasteiger partial charge in [0.2, 0.25) is 15.9 Å². The minimum Gasteiger partial charge on any atom is -0.497 e. The van der Waals surface area contributed by atoms with Crippen molar-refractivity contribution in [2.24, 2.45) is 7.05 Å². The van der Waals surface area contributed by atoms with E-state index in [1.165, 1.54) is 17.4 Å². The highest BCUT2D eigenvalue weighted by Crippen LogP contribution is 2.25. The molecule has 27 heavy (non-hydrogen) atoms. The molecule has 2 aromatic heterocycles.